The van der Waals surface area contributed by atoms with Gasteiger partial charge in [-0.1, -0.05) is 41.6 Å². The van der Waals surface area contributed by atoms with Crippen molar-refractivity contribution in [3.8, 4) is 11.4 Å². The lowest BCUT2D eigenvalue weighted by atomic mass is 9.93. The van der Waals surface area contributed by atoms with Gasteiger partial charge in [0, 0.05) is 18.5 Å². The average Bonchev–Trinajstić information content (AvgIpc) is 3.23. The molecule has 2 heterocycles. The van der Waals surface area contributed by atoms with E-state index in [1.165, 1.54) is 24.3 Å². The number of hydrogen-bond acceptors (Lipinski definition) is 6. The van der Waals surface area contributed by atoms with Crippen LogP contribution in [0.4, 0.5) is 4.39 Å². The van der Waals surface area contributed by atoms with Gasteiger partial charge in [-0.05, 0) is 49.1 Å². The molecule has 1 aliphatic heterocycles. The fourth-order valence-corrected chi connectivity index (χ4v) is 3.82. The molecule has 1 atom stereocenters. The van der Waals surface area contributed by atoms with Gasteiger partial charge >= 0.3 is 5.97 Å². The number of esters is 1. The van der Waals surface area contributed by atoms with Crippen LogP contribution >= 0.6 is 0 Å². The lowest BCUT2D eigenvalue weighted by Gasteiger charge is -2.35. The maximum absolute atomic E-state index is 13.8. The summed E-state index contributed by atoms with van der Waals surface area (Å²) in [5.41, 5.74) is 3.59. The van der Waals surface area contributed by atoms with Gasteiger partial charge in [-0.15, -0.1) is 0 Å². The Bertz CT molecular complexity index is 1050. The Kier molecular flexibility index (Phi) is 5.90. The van der Waals surface area contributed by atoms with Crippen LogP contribution < -0.4 is 0 Å². The molecule has 1 aromatic heterocycles. The number of ether oxygens (including phenoxy) is 1. The highest BCUT2D eigenvalue weighted by molar-refractivity contribution is 5.76. The number of halogens is 1. The summed E-state index contributed by atoms with van der Waals surface area (Å²) in [6.07, 6.45) is 1.97. The molecule has 4 rings (SSSR count). The molecule has 0 fully saturated rings. The first-order chi connectivity index (χ1) is 14.5. The zero-order valence-corrected chi connectivity index (χ0v) is 17.1. The molecule has 6 nitrogen and oxygen atoms in total. The molecule has 1 aliphatic rings. The van der Waals surface area contributed by atoms with E-state index in [4.69, 9.17) is 9.26 Å². The van der Waals surface area contributed by atoms with Crippen molar-refractivity contribution >= 4 is 5.97 Å². The maximum atomic E-state index is 13.8. The van der Waals surface area contributed by atoms with E-state index in [9.17, 15) is 9.18 Å². The molecular weight excluding hydrogens is 385 g/mol. The van der Waals surface area contributed by atoms with E-state index < -0.39 is 0 Å². The second kappa shape index (κ2) is 8.75. The number of rotatable bonds is 6. The third-order valence-electron chi connectivity index (χ3n) is 5.55. The predicted molar refractivity (Wildman–Crippen MR) is 109 cm³/mol. The quantitative estimate of drug-likeness (QED) is 0.578. The first kappa shape index (κ1) is 20.2. The van der Waals surface area contributed by atoms with Crippen molar-refractivity contribution in [2.24, 2.45) is 0 Å². The van der Waals surface area contributed by atoms with Gasteiger partial charge < -0.3 is 9.26 Å². The van der Waals surface area contributed by atoms with E-state index in [0.717, 1.165) is 6.42 Å². The number of carbonyl (C=O) groups excluding carboxylic acids is 1. The number of fused-ring (bicyclic) bond motifs is 1. The van der Waals surface area contributed by atoms with Gasteiger partial charge in [0.25, 0.3) is 0 Å². The standard InChI is InChI=1S/C23H24FN3O3/c1-15-9-10-17(12-19(15)24)22-25-21(30-26-22)8-5-11-27-14-18-7-4-3-6-16(18)13-20(27)23(28)29-2/h3-4,6-7,9-10,12,20H,5,8,11,13-14H2,1-2H3. The summed E-state index contributed by atoms with van der Waals surface area (Å²) >= 11 is 0. The van der Waals surface area contributed by atoms with E-state index in [1.54, 1.807) is 19.1 Å². The molecule has 0 radical (unpaired) electrons. The van der Waals surface area contributed by atoms with E-state index in [-0.39, 0.29) is 17.8 Å². The van der Waals surface area contributed by atoms with Crippen molar-refractivity contribution < 1.29 is 18.4 Å². The minimum absolute atomic E-state index is 0.217. The van der Waals surface area contributed by atoms with Crippen molar-refractivity contribution in [3.63, 3.8) is 0 Å². The molecule has 0 saturated heterocycles. The Labute approximate surface area is 174 Å². The smallest absolute Gasteiger partial charge is 0.323 e. The van der Waals surface area contributed by atoms with Crippen LogP contribution in [0.15, 0.2) is 47.0 Å². The summed E-state index contributed by atoms with van der Waals surface area (Å²) < 4.78 is 24.1. The highest BCUT2D eigenvalue weighted by Gasteiger charge is 2.31. The Balaban J connectivity index is 1.40. The third kappa shape index (κ3) is 4.26. The fraction of sp³-hybridized carbons (Fsp3) is 0.348. The lowest BCUT2D eigenvalue weighted by molar-refractivity contribution is -0.147. The van der Waals surface area contributed by atoms with Gasteiger partial charge in [0.2, 0.25) is 11.7 Å². The number of nitrogens with zero attached hydrogens (tertiary/aromatic N) is 3. The molecule has 30 heavy (non-hydrogen) atoms. The second-order valence-corrected chi connectivity index (χ2v) is 7.56. The third-order valence-corrected chi connectivity index (χ3v) is 5.55. The van der Waals surface area contributed by atoms with E-state index >= 15 is 0 Å². The van der Waals surface area contributed by atoms with E-state index in [0.29, 0.717) is 48.8 Å². The van der Waals surface area contributed by atoms with Gasteiger partial charge in [-0.3, -0.25) is 9.69 Å². The summed E-state index contributed by atoms with van der Waals surface area (Å²) in [5.74, 6) is 0.366. The van der Waals surface area contributed by atoms with Crippen LogP contribution in [0.2, 0.25) is 0 Å². The number of aryl methyl sites for hydroxylation is 2. The Morgan fingerprint density at radius 1 is 1.27 bits per heavy atom. The molecule has 1 unspecified atom stereocenters. The van der Waals surface area contributed by atoms with Crippen molar-refractivity contribution in [2.75, 3.05) is 13.7 Å². The van der Waals surface area contributed by atoms with Crippen LogP contribution in [-0.4, -0.2) is 40.7 Å². The highest BCUT2D eigenvalue weighted by Crippen LogP contribution is 2.25. The maximum Gasteiger partial charge on any atom is 0.323 e. The largest absolute Gasteiger partial charge is 0.468 e. The van der Waals surface area contributed by atoms with Gasteiger partial charge in [0.1, 0.15) is 11.9 Å². The minimum Gasteiger partial charge on any atom is -0.468 e. The van der Waals surface area contributed by atoms with Crippen LogP contribution in [0.1, 0.15) is 29.0 Å². The van der Waals surface area contributed by atoms with E-state index in [1.807, 2.05) is 12.1 Å². The van der Waals surface area contributed by atoms with Crippen LogP contribution in [0, 0.1) is 12.7 Å². The number of carbonyl (C=O) groups is 1. The summed E-state index contributed by atoms with van der Waals surface area (Å²) in [6.45, 7) is 3.11. The van der Waals surface area contributed by atoms with E-state index in [2.05, 4.69) is 27.2 Å². The molecule has 0 saturated carbocycles. The molecule has 0 bridgehead atoms. The van der Waals surface area contributed by atoms with Gasteiger partial charge in [-0.2, -0.15) is 4.98 Å². The molecule has 7 heteroatoms. The number of benzene rings is 2. The van der Waals surface area contributed by atoms with Crippen LogP contribution in [0.25, 0.3) is 11.4 Å². The minimum atomic E-state index is -0.293. The Hall–Kier alpha value is -3.06. The Morgan fingerprint density at radius 2 is 2.07 bits per heavy atom. The average molecular weight is 409 g/mol. The summed E-state index contributed by atoms with van der Waals surface area (Å²) in [7, 11) is 1.43. The first-order valence-corrected chi connectivity index (χ1v) is 10.0. The van der Waals surface area contributed by atoms with Crippen LogP contribution in [-0.2, 0) is 28.9 Å². The normalized spacial score (nSPS) is 16.3. The summed E-state index contributed by atoms with van der Waals surface area (Å²) in [6, 6.07) is 12.8. The monoisotopic (exact) mass is 409 g/mol. The Morgan fingerprint density at radius 3 is 2.83 bits per heavy atom. The zero-order chi connectivity index (χ0) is 21.1. The van der Waals surface area contributed by atoms with Crippen molar-refractivity contribution in [1.29, 1.82) is 0 Å². The van der Waals surface area contributed by atoms with Crippen molar-refractivity contribution in [2.45, 2.75) is 38.8 Å². The fourth-order valence-electron chi connectivity index (χ4n) is 3.82. The molecule has 2 aromatic carbocycles. The van der Waals surface area contributed by atoms with Crippen molar-refractivity contribution in [1.82, 2.24) is 15.0 Å². The second-order valence-electron chi connectivity index (χ2n) is 7.56. The summed E-state index contributed by atoms with van der Waals surface area (Å²) in [4.78, 5) is 18.8. The van der Waals surface area contributed by atoms with Crippen molar-refractivity contribution in [3.05, 3.63) is 70.9 Å². The van der Waals surface area contributed by atoms with Gasteiger partial charge in [0.15, 0.2) is 0 Å². The summed E-state index contributed by atoms with van der Waals surface area (Å²) in [5, 5.41) is 3.97. The lowest BCUT2D eigenvalue weighted by Crippen LogP contribution is -2.46. The first-order valence-electron chi connectivity index (χ1n) is 10.0. The van der Waals surface area contributed by atoms with Crippen LogP contribution in [0.5, 0.6) is 0 Å². The van der Waals surface area contributed by atoms with Gasteiger partial charge in [0.05, 0.1) is 7.11 Å². The van der Waals surface area contributed by atoms with Crippen LogP contribution in [0.3, 0.4) is 0 Å². The van der Waals surface area contributed by atoms with Gasteiger partial charge in [-0.25, -0.2) is 4.39 Å². The molecule has 0 N–H and O–H groups in total. The number of aromatic nitrogens is 2. The molecule has 0 spiro atoms. The SMILES string of the molecule is COC(=O)C1Cc2ccccc2CN1CCCc1nc(-c2ccc(C)c(F)c2)no1. The topological polar surface area (TPSA) is 68.5 Å². The molecule has 3 aromatic rings. The number of methoxy groups -OCH3 is 1. The molecule has 0 amide bonds. The highest BCUT2D eigenvalue weighted by atomic mass is 19.1. The predicted octanol–water partition coefficient (Wildman–Crippen LogP) is 3.72. The molecular formula is C23H24FN3O3. The molecule has 0 aliphatic carbocycles. The molecule has 156 valence electrons. The number of hydrogen-bond donors (Lipinski definition) is 0. The zero-order valence-electron chi connectivity index (χ0n) is 17.1.